The van der Waals surface area contributed by atoms with Gasteiger partial charge in [0.1, 0.15) is 5.75 Å². The van der Waals surface area contributed by atoms with Gasteiger partial charge in [-0.15, -0.1) is 0 Å². The van der Waals surface area contributed by atoms with Crippen LogP contribution in [0.5, 0.6) is 5.75 Å². The van der Waals surface area contributed by atoms with Gasteiger partial charge in [-0.2, -0.15) is 0 Å². The van der Waals surface area contributed by atoms with Crippen LogP contribution in [-0.4, -0.2) is 11.0 Å². The largest absolute Gasteiger partial charge is 0.508 e. The minimum Gasteiger partial charge on any atom is -0.508 e. The number of phenols is 1. The minimum atomic E-state index is -0.368. The van der Waals surface area contributed by atoms with Crippen LogP contribution in [0.2, 0.25) is 0 Å². The summed E-state index contributed by atoms with van der Waals surface area (Å²) in [6, 6.07) is 6.46. The molecule has 0 atom stereocenters. The van der Waals surface area contributed by atoms with Crippen molar-refractivity contribution in [3.8, 4) is 5.75 Å². The predicted molar refractivity (Wildman–Crippen MR) is 49.5 cm³/mol. The van der Waals surface area contributed by atoms with Crippen LogP contribution in [0.3, 0.4) is 0 Å². The first kappa shape index (κ1) is 9.28. The van der Waals surface area contributed by atoms with Crippen LogP contribution in [0.25, 0.3) is 6.08 Å². The molecule has 0 saturated heterocycles. The lowest BCUT2D eigenvalue weighted by Gasteiger charge is -1.93. The molecule has 0 aliphatic carbocycles. The summed E-state index contributed by atoms with van der Waals surface area (Å²) in [5.74, 6) is 4.70. The van der Waals surface area contributed by atoms with Crippen molar-refractivity contribution in [2.45, 2.75) is 0 Å². The maximum absolute atomic E-state index is 10.7. The van der Waals surface area contributed by atoms with Crippen molar-refractivity contribution in [1.82, 2.24) is 5.43 Å². The molecule has 1 aromatic carbocycles. The van der Waals surface area contributed by atoms with Gasteiger partial charge in [-0.3, -0.25) is 10.2 Å². The summed E-state index contributed by atoms with van der Waals surface area (Å²) in [6.07, 6.45) is 2.91. The average Bonchev–Trinajstić information content (AvgIpc) is 2.16. The standard InChI is InChI=1S/C9H10N2O2/c10-11-9(13)6-3-7-1-4-8(12)5-2-7/h1-6,12H,10H2,(H,11,13)/b6-3-. The van der Waals surface area contributed by atoms with E-state index in [0.29, 0.717) is 0 Å². The Hall–Kier alpha value is -1.81. The Labute approximate surface area is 75.7 Å². The molecule has 13 heavy (non-hydrogen) atoms. The second-order valence-corrected chi connectivity index (χ2v) is 2.43. The maximum atomic E-state index is 10.7. The van der Waals surface area contributed by atoms with Gasteiger partial charge >= 0.3 is 0 Å². The molecule has 4 heteroatoms. The molecule has 0 heterocycles. The number of hydrogen-bond donors (Lipinski definition) is 3. The van der Waals surface area contributed by atoms with Crippen molar-refractivity contribution >= 4 is 12.0 Å². The third kappa shape index (κ3) is 2.96. The molecule has 0 unspecified atom stereocenters. The summed E-state index contributed by atoms with van der Waals surface area (Å²) in [6.45, 7) is 0. The van der Waals surface area contributed by atoms with E-state index >= 15 is 0 Å². The summed E-state index contributed by atoms with van der Waals surface area (Å²) in [4.78, 5) is 10.7. The lowest BCUT2D eigenvalue weighted by atomic mass is 10.2. The van der Waals surface area contributed by atoms with Gasteiger partial charge in [0.15, 0.2) is 0 Å². The van der Waals surface area contributed by atoms with Crippen molar-refractivity contribution in [2.24, 2.45) is 5.84 Å². The quantitative estimate of drug-likeness (QED) is 0.265. The maximum Gasteiger partial charge on any atom is 0.257 e. The van der Waals surface area contributed by atoms with Gasteiger partial charge in [-0.05, 0) is 23.8 Å². The molecule has 1 rings (SSSR count). The molecule has 0 spiro atoms. The summed E-state index contributed by atoms with van der Waals surface area (Å²) >= 11 is 0. The Morgan fingerprint density at radius 3 is 2.54 bits per heavy atom. The summed E-state index contributed by atoms with van der Waals surface area (Å²) in [5, 5.41) is 8.96. The SMILES string of the molecule is NNC(=O)/C=C\c1ccc(O)cc1. The molecular formula is C9H10N2O2. The number of rotatable bonds is 2. The van der Waals surface area contributed by atoms with Crippen LogP contribution in [0.1, 0.15) is 5.56 Å². The van der Waals surface area contributed by atoms with Crippen molar-refractivity contribution < 1.29 is 9.90 Å². The van der Waals surface area contributed by atoms with Crippen molar-refractivity contribution in [1.29, 1.82) is 0 Å². The van der Waals surface area contributed by atoms with Gasteiger partial charge < -0.3 is 5.11 Å². The molecule has 1 amide bonds. The number of nitrogens with two attached hydrogens (primary N) is 1. The van der Waals surface area contributed by atoms with E-state index in [2.05, 4.69) is 0 Å². The third-order valence-electron chi connectivity index (χ3n) is 1.46. The highest BCUT2D eigenvalue weighted by molar-refractivity contribution is 5.91. The first-order valence-corrected chi connectivity index (χ1v) is 3.70. The molecule has 0 fully saturated rings. The molecule has 4 nitrogen and oxygen atoms in total. The molecule has 0 aliphatic rings. The van der Waals surface area contributed by atoms with Crippen LogP contribution < -0.4 is 11.3 Å². The van der Waals surface area contributed by atoms with Gasteiger partial charge in [0, 0.05) is 6.08 Å². The Morgan fingerprint density at radius 2 is 2.00 bits per heavy atom. The van der Waals surface area contributed by atoms with Crippen molar-refractivity contribution in [3.63, 3.8) is 0 Å². The van der Waals surface area contributed by atoms with E-state index in [1.807, 2.05) is 5.43 Å². The smallest absolute Gasteiger partial charge is 0.257 e. The molecule has 0 saturated carbocycles. The van der Waals surface area contributed by atoms with E-state index in [0.717, 1.165) is 5.56 Å². The second kappa shape index (κ2) is 4.27. The third-order valence-corrected chi connectivity index (χ3v) is 1.46. The van der Waals surface area contributed by atoms with E-state index in [4.69, 9.17) is 10.9 Å². The zero-order valence-corrected chi connectivity index (χ0v) is 6.90. The molecule has 1 aromatic rings. The number of nitrogens with one attached hydrogen (secondary N) is 1. The van der Waals surface area contributed by atoms with Gasteiger partial charge in [-0.25, -0.2) is 5.84 Å². The molecule has 0 radical (unpaired) electrons. The minimum absolute atomic E-state index is 0.195. The summed E-state index contributed by atoms with van der Waals surface area (Å²) < 4.78 is 0. The Balaban J connectivity index is 2.69. The fourth-order valence-electron chi connectivity index (χ4n) is 0.805. The van der Waals surface area contributed by atoms with E-state index in [1.54, 1.807) is 30.3 Å². The van der Waals surface area contributed by atoms with E-state index < -0.39 is 0 Å². The summed E-state index contributed by atoms with van der Waals surface area (Å²) in [5.41, 5.74) is 2.79. The monoisotopic (exact) mass is 178 g/mol. The molecule has 0 bridgehead atoms. The number of aromatic hydroxyl groups is 1. The first-order chi connectivity index (χ1) is 6.22. The lowest BCUT2D eigenvalue weighted by molar-refractivity contribution is -0.116. The van der Waals surface area contributed by atoms with Crippen molar-refractivity contribution in [2.75, 3.05) is 0 Å². The fourth-order valence-corrected chi connectivity index (χ4v) is 0.805. The van der Waals surface area contributed by atoms with E-state index in [9.17, 15) is 4.79 Å². The molecule has 0 aromatic heterocycles. The molecule has 68 valence electrons. The van der Waals surface area contributed by atoms with E-state index in [-0.39, 0.29) is 11.7 Å². The van der Waals surface area contributed by atoms with Crippen molar-refractivity contribution in [3.05, 3.63) is 35.9 Å². The highest BCUT2D eigenvalue weighted by atomic mass is 16.3. The van der Waals surface area contributed by atoms with Crippen LogP contribution in [0.4, 0.5) is 0 Å². The molecular weight excluding hydrogens is 168 g/mol. The Bertz CT molecular complexity index is 317. The second-order valence-electron chi connectivity index (χ2n) is 2.43. The van der Waals surface area contributed by atoms with E-state index in [1.165, 1.54) is 6.08 Å². The number of hydrazine groups is 1. The lowest BCUT2D eigenvalue weighted by Crippen LogP contribution is -2.27. The zero-order valence-electron chi connectivity index (χ0n) is 6.90. The van der Waals surface area contributed by atoms with Gasteiger partial charge in [-0.1, -0.05) is 12.1 Å². The number of phenolic OH excluding ortho intramolecular Hbond substituents is 1. The van der Waals surface area contributed by atoms with Gasteiger partial charge in [0.2, 0.25) is 0 Å². The fraction of sp³-hybridized carbons (Fsp3) is 0. The highest BCUT2D eigenvalue weighted by Crippen LogP contribution is 2.10. The average molecular weight is 178 g/mol. The van der Waals surface area contributed by atoms with Crippen LogP contribution >= 0.6 is 0 Å². The number of benzene rings is 1. The van der Waals surface area contributed by atoms with Gasteiger partial charge in [0.25, 0.3) is 5.91 Å². The highest BCUT2D eigenvalue weighted by Gasteiger charge is 1.90. The Morgan fingerprint density at radius 1 is 1.38 bits per heavy atom. The van der Waals surface area contributed by atoms with Gasteiger partial charge in [0.05, 0.1) is 0 Å². The summed E-state index contributed by atoms with van der Waals surface area (Å²) in [7, 11) is 0. The zero-order chi connectivity index (χ0) is 9.68. The first-order valence-electron chi connectivity index (χ1n) is 3.70. The topological polar surface area (TPSA) is 75.3 Å². The van der Waals surface area contributed by atoms with Crippen LogP contribution in [-0.2, 0) is 4.79 Å². The normalized spacial score (nSPS) is 10.2. The number of hydrogen-bond acceptors (Lipinski definition) is 3. The number of carbonyl (C=O) groups is 1. The Kier molecular flexibility index (Phi) is 3.05. The predicted octanol–water partition coefficient (Wildman–Crippen LogP) is 0.395. The van der Waals surface area contributed by atoms with Crippen LogP contribution in [0, 0.1) is 0 Å². The number of carbonyl (C=O) groups excluding carboxylic acids is 1. The van der Waals surface area contributed by atoms with Crippen LogP contribution in [0.15, 0.2) is 30.3 Å². The number of amides is 1. The molecule has 4 N–H and O–H groups in total. The molecule has 0 aliphatic heterocycles.